The Hall–Kier alpha value is -5.77. The van der Waals surface area contributed by atoms with Crippen LogP contribution >= 0.6 is 0 Å². The van der Waals surface area contributed by atoms with Crippen molar-refractivity contribution in [2.75, 3.05) is 0 Å². The van der Waals surface area contributed by atoms with Crippen molar-refractivity contribution in [3.8, 4) is 0 Å². The van der Waals surface area contributed by atoms with Gasteiger partial charge in [0.25, 0.3) is 0 Å². The summed E-state index contributed by atoms with van der Waals surface area (Å²) in [6.45, 7) is 13.5. The molecule has 0 unspecified atom stereocenters. The smallest absolute Gasteiger partial charge is 0.358 e. The third-order valence-electron chi connectivity index (χ3n) is 9.56. The first-order valence-electron chi connectivity index (χ1n) is 19.9. The van der Waals surface area contributed by atoms with Gasteiger partial charge in [0.1, 0.15) is 0 Å². The van der Waals surface area contributed by atoms with Crippen LogP contribution in [0, 0.1) is 28.0 Å². The summed E-state index contributed by atoms with van der Waals surface area (Å²) in [6, 6.07) is 88.5. The SMILES string of the molecule is [CH-]=C(C)c1ccccc1.[CH-]=C(c1ccccc1)c1ccccc1.[CH3-].[CH3-].[Zr+4].[Zr+4].c1cc[cH-]c1.c1cc[cH-]c1.c1ccc2c(c1)[cH-]c1ccccc12.c1ccc2c(c1)[cH-]c1ccccc12. The Bertz CT molecular complexity index is 2530. The fourth-order valence-corrected chi connectivity index (χ4v) is 6.55. The molecule has 0 aliphatic rings. The summed E-state index contributed by atoms with van der Waals surface area (Å²) in [7, 11) is 0. The molecule has 2 heteroatoms. The van der Waals surface area contributed by atoms with Crippen molar-refractivity contribution in [1.29, 1.82) is 0 Å². The molecule has 0 saturated heterocycles. The van der Waals surface area contributed by atoms with Crippen molar-refractivity contribution in [2.24, 2.45) is 0 Å². The molecule has 0 bridgehead atoms. The Morgan fingerprint density at radius 2 is 0.556 bits per heavy atom. The Kier molecular flexibility index (Phi) is 25.0. The van der Waals surface area contributed by atoms with Crippen LogP contribution in [0.3, 0.4) is 0 Å². The Labute approximate surface area is 415 Å². The molecule has 0 radical (unpaired) electrons. The first-order valence-corrected chi connectivity index (χ1v) is 19.9. The topological polar surface area (TPSA) is 0 Å². The van der Waals surface area contributed by atoms with E-state index in [9.17, 15) is 0 Å². The van der Waals surface area contributed by atoms with Gasteiger partial charge in [-0.15, -0.1) is 127 Å². The van der Waals surface area contributed by atoms with Gasteiger partial charge in [-0.05, 0) is 0 Å². The molecule has 0 aliphatic carbocycles. The zero-order chi connectivity index (χ0) is 40.9. The molecule has 0 heterocycles. The molecule has 11 aromatic carbocycles. The van der Waals surface area contributed by atoms with E-state index in [0.717, 1.165) is 27.8 Å². The van der Waals surface area contributed by atoms with E-state index in [-0.39, 0.29) is 67.3 Å². The van der Waals surface area contributed by atoms with Crippen LogP contribution in [0.2, 0.25) is 0 Å². The van der Waals surface area contributed by atoms with E-state index < -0.39 is 0 Å². The number of hydrogen-bond acceptors (Lipinski definition) is 0. The average molecular weight is 970 g/mol. The van der Waals surface area contributed by atoms with E-state index in [4.69, 9.17) is 13.2 Å². The summed E-state index contributed by atoms with van der Waals surface area (Å²) in [4.78, 5) is 0. The van der Waals surface area contributed by atoms with Gasteiger partial charge < -0.3 is 14.9 Å². The molecule has 0 amide bonds. The summed E-state index contributed by atoms with van der Waals surface area (Å²) >= 11 is 0. The minimum Gasteiger partial charge on any atom is -0.358 e. The number of hydrogen-bond donors (Lipinski definition) is 0. The van der Waals surface area contributed by atoms with Gasteiger partial charge in [-0.3, -0.25) is 6.58 Å². The minimum absolute atomic E-state index is 0. The fourth-order valence-electron chi connectivity index (χ4n) is 6.55. The molecule has 11 aromatic rings. The van der Waals surface area contributed by atoms with Gasteiger partial charge in [-0.2, -0.15) is 47.5 Å². The average Bonchev–Trinajstić information content (AvgIpc) is 4.17. The van der Waals surface area contributed by atoms with E-state index in [1.165, 1.54) is 43.1 Å². The molecule has 0 aromatic heterocycles. The van der Waals surface area contributed by atoms with Gasteiger partial charge in [0, 0.05) is 0 Å². The maximum Gasteiger partial charge on any atom is 4.00 e. The van der Waals surface area contributed by atoms with Crippen LogP contribution in [0.4, 0.5) is 0 Å². The van der Waals surface area contributed by atoms with Gasteiger partial charge in [0.05, 0.1) is 0 Å². The van der Waals surface area contributed by atoms with Crippen LogP contribution < -0.4 is 0 Å². The summed E-state index contributed by atoms with van der Waals surface area (Å²) in [5.41, 5.74) is 4.94. The molecule has 0 fully saturated rings. The molecule has 63 heavy (non-hydrogen) atoms. The Balaban J connectivity index is 0.000000266. The third kappa shape index (κ3) is 16.5. The number of fused-ring (bicyclic) bond motifs is 6. The molecule has 306 valence electrons. The molecule has 0 nitrogen and oxygen atoms in total. The molecule has 0 aliphatic heterocycles. The molecular formula is C61H54Zr2. The van der Waals surface area contributed by atoms with Crippen molar-refractivity contribution < 1.29 is 52.4 Å². The molecule has 0 N–H and O–H groups in total. The second kappa shape index (κ2) is 29.5. The quantitative estimate of drug-likeness (QED) is 0.155. The van der Waals surface area contributed by atoms with Crippen LogP contribution in [-0.2, 0) is 52.4 Å². The van der Waals surface area contributed by atoms with E-state index in [2.05, 4.69) is 109 Å². The molecule has 11 rings (SSSR count). The van der Waals surface area contributed by atoms with Crippen LogP contribution in [0.25, 0.3) is 54.2 Å². The first kappa shape index (κ1) is 53.4. The fraction of sp³-hybridized carbons (Fsp3) is 0.0164. The Morgan fingerprint density at radius 1 is 0.317 bits per heavy atom. The van der Waals surface area contributed by atoms with E-state index in [1.807, 2.05) is 159 Å². The van der Waals surface area contributed by atoms with Crippen LogP contribution in [0.1, 0.15) is 23.6 Å². The van der Waals surface area contributed by atoms with Gasteiger partial charge in [-0.1, -0.05) is 134 Å². The number of rotatable bonds is 3. The summed E-state index contributed by atoms with van der Waals surface area (Å²) < 4.78 is 0. The second-order valence-electron chi connectivity index (χ2n) is 13.8. The van der Waals surface area contributed by atoms with Crippen LogP contribution in [0.5, 0.6) is 0 Å². The van der Waals surface area contributed by atoms with Crippen molar-refractivity contribution in [3.63, 3.8) is 0 Å². The molecule has 0 atom stereocenters. The third-order valence-corrected chi connectivity index (χ3v) is 9.56. The second-order valence-corrected chi connectivity index (χ2v) is 13.8. The Morgan fingerprint density at radius 3 is 0.778 bits per heavy atom. The van der Waals surface area contributed by atoms with E-state index >= 15 is 0 Å². The standard InChI is InChI=1S/C14H11.2C13H9.C9H9.2C5H5.2CH3.2Zr/c1-12(13-8-4-2-5-9-13)14-10-6-3-7-11-14;2*1-3-7-12-10(5-1)9-11-6-2-4-8-13(11)12;1-8(2)9-6-4-3-5-7-9;2*1-2-4-5-3-1;;;;/h1-11H;2*1-9H;1,3-7H,2H3;2*1-5H;2*1H3;;/q8*-1;2*+4. The maximum atomic E-state index is 6.03. The van der Waals surface area contributed by atoms with Gasteiger partial charge in [-0.25, -0.2) is 36.4 Å². The predicted molar refractivity (Wildman–Crippen MR) is 271 cm³/mol. The van der Waals surface area contributed by atoms with Crippen molar-refractivity contribution >= 4 is 54.2 Å². The van der Waals surface area contributed by atoms with Gasteiger partial charge in [0.2, 0.25) is 0 Å². The van der Waals surface area contributed by atoms with E-state index in [0.29, 0.717) is 0 Å². The first-order chi connectivity index (χ1) is 29.1. The van der Waals surface area contributed by atoms with Gasteiger partial charge >= 0.3 is 52.4 Å². The largest absolute Gasteiger partial charge is 4.00 e. The molecule has 0 spiro atoms. The van der Waals surface area contributed by atoms with Crippen LogP contribution in [-0.4, -0.2) is 0 Å². The summed E-state index contributed by atoms with van der Waals surface area (Å²) in [5.74, 6) is 0. The molecular weight excluding hydrogens is 915 g/mol. The van der Waals surface area contributed by atoms with Crippen LogP contribution in [0.15, 0.2) is 261 Å². The zero-order valence-corrected chi connectivity index (χ0v) is 41.4. The molecule has 0 saturated carbocycles. The normalized spacial score (nSPS) is 9.29. The summed E-state index contributed by atoms with van der Waals surface area (Å²) in [5, 5.41) is 10.8. The van der Waals surface area contributed by atoms with Crippen molar-refractivity contribution in [3.05, 3.63) is 306 Å². The van der Waals surface area contributed by atoms with Crippen molar-refractivity contribution in [2.45, 2.75) is 6.92 Å². The predicted octanol–water partition coefficient (Wildman–Crippen LogP) is 17.2. The summed E-state index contributed by atoms with van der Waals surface area (Å²) in [6.07, 6.45) is 0. The zero-order valence-electron chi connectivity index (χ0n) is 36.5. The number of allylic oxidation sites excluding steroid dienone is 1. The van der Waals surface area contributed by atoms with Crippen molar-refractivity contribution in [1.82, 2.24) is 0 Å². The number of benzene rings is 7. The monoisotopic (exact) mass is 966 g/mol. The maximum absolute atomic E-state index is 6.03. The van der Waals surface area contributed by atoms with E-state index in [1.54, 1.807) is 0 Å². The van der Waals surface area contributed by atoms with Gasteiger partial charge in [0.15, 0.2) is 0 Å². The minimum atomic E-state index is 0.